The highest BCUT2D eigenvalue weighted by atomic mass is 32.2. The second-order valence-corrected chi connectivity index (χ2v) is 6.71. The highest BCUT2D eigenvalue weighted by molar-refractivity contribution is 7.87. The number of nitrogens with zero attached hydrogens (tertiary/aromatic N) is 3. The fraction of sp³-hybridized carbons (Fsp3) is 0.727. The average Bonchev–Trinajstić information content (AvgIpc) is 2.86. The Morgan fingerprint density at radius 2 is 2.28 bits per heavy atom. The third kappa shape index (κ3) is 2.73. The van der Waals surface area contributed by atoms with E-state index in [0.29, 0.717) is 25.6 Å². The molecule has 1 unspecified atom stereocenters. The van der Waals surface area contributed by atoms with Crippen LogP contribution < -0.4 is 4.72 Å². The molecule has 102 valence electrons. The van der Waals surface area contributed by atoms with Crippen molar-refractivity contribution in [1.82, 2.24) is 18.8 Å². The van der Waals surface area contributed by atoms with E-state index in [1.807, 2.05) is 14.0 Å². The van der Waals surface area contributed by atoms with Gasteiger partial charge in [0.2, 0.25) is 0 Å². The topological polar surface area (TPSA) is 67.2 Å². The van der Waals surface area contributed by atoms with Crippen LogP contribution in [0.3, 0.4) is 0 Å². The van der Waals surface area contributed by atoms with Crippen LogP contribution in [0, 0.1) is 12.8 Å². The molecule has 0 bridgehead atoms. The molecule has 2 rings (SSSR count). The third-order valence-corrected chi connectivity index (χ3v) is 5.03. The summed E-state index contributed by atoms with van der Waals surface area (Å²) in [4.78, 5) is 0. The molecular formula is C11H20N4O2S. The summed E-state index contributed by atoms with van der Waals surface area (Å²) in [5.74, 6) is 0.446. The van der Waals surface area contributed by atoms with Crippen LogP contribution in [0.5, 0.6) is 0 Å². The van der Waals surface area contributed by atoms with Crippen LogP contribution in [0.1, 0.15) is 24.6 Å². The van der Waals surface area contributed by atoms with Gasteiger partial charge in [-0.1, -0.05) is 6.92 Å². The van der Waals surface area contributed by atoms with Gasteiger partial charge in [-0.3, -0.25) is 4.68 Å². The third-order valence-electron chi connectivity index (χ3n) is 3.51. The number of hydrogen-bond acceptors (Lipinski definition) is 3. The molecule has 1 aromatic rings. The van der Waals surface area contributed by atoms with Crippen molar-refractivity contribution < 1.29 is 8.42 Å². The van der Waals surface area contributed by atoms with Crippen molar-refractivity contribution in [3.8, 4) is 0 Å². The molecule has 0 aliphatic carbocycles. The summed E-state index contributed by atoms with van der Waals surface area (Å²) >= 11 is 0. The van der Waals surface area contributed by atoms with Gasteiger partial charge in [-0.05, 0) is 19.3 Å². The first kappa shape index (κ1) is 13.5. The summed E-state index contributed by atoms with van der Waals surface area (Å²) < 4.78 is 30.0. The molecule has 0 spiro atoms. The largest absolute Gasteiger partial charge is 0.279 e. The smallest absolute Gasteiger partial charge is 0.273 e. The molecule has 1 aliphatic heterocycles. The molecule has 2 heterocycles. The molecule has 6 nitrogen and oxygen atoms in total. The summed E-state index contributed by atoms with van der Waals surface area (Å²) in [6.07, 6.45) is 2.64. The van der Waals surface area contributed by atoms with Crippen molar-refractivity contribution in [2.45, 2.75) is 26.8 Å². The molecule has 1 atom stereocenters. The first-order valence-corrected chi connectivity index (χ1v) is 7.56. The summed E-state index contributed by atoms with van der Waals surface area (Å²) in [5.41, 5.74) is 1.89. The monoisotopic (exact) mass is 272 g/mol. The molecular weight excluding hydrogens is 252 g/mol. The summed E-state index contributed by atoms with van der Waals surface area (Å²) in [5, 5.41) is 4.09. The van der Waals surface area contributed by atoms with Crippen LogP contribution in [0.4, 0.5) is 0 Å². The van der Waals surface area contributed by atoms with Crippen molar-refractivity contribution in [2.24, 2.45) is 13.0 Å². The van der Waals surface area contributed by atoms with E-state index in [1.54, 1.807) is 10.9 Å². The minimum Gasteiger partial charge on any atom is -0.273 e. The molecule has 1 aliphatic rings. The number of aryl methyl sites for hydroxylation is 1. The highest BCUT2D eigenvalue weighted by Crippen LogP contribution is 2.18. The van der Waals surface area contributed by atoms with Crippen molar-refractivity contribution in [3.05, 3.63) is 17.5 Å². The Kier molecular flexibility index (Phi) is 3.74. The van der Waals surface area contributed by atoms with Gasteiger partial charge in [0.05, 0.1) is 6.20 Å². The van der Waals surface area contributed by atoms with Gasteiger partial charge in [0, 0.05) is 37.9 Å². The van der Waals surface area contributed by atoms with Crippen LogP contribution >= 0.6 is 0 Å². The lowest BCUT2D eigenvalue weighted by molar-refractivity contribution is 0.453. The average molecular weight is 272 g/mol. The highest BCUT2D eigenvalue weighted by Gasteiger charge is 2.28. The van der Waals surface area contributed by atoms with Gasteiger partial charge in [-0.15, -0.1) is 0 Å². The summed E-state index contributed by atoms with van der Waals surface area (Å²) in [7, 11) is -1.51. The van der Waals surface area contributed by atoms with E-state index in [-0.39, 0.29) is 0 Å². The Labute approximate surface area is 108 Å². The second-order valence-electron chi connectivity index (χ2n) is 4.96. The minimum absolute atomic E-state index is 0.298. The molecule has 18 heavy (non-hydrogen) atoms. The van der Waals surface area contributed by atoms with Crippen molar-refractivity contribution in [1.29, 1.82) is 0 Å². The van der Waals surface area contributed by atoms with Gasteiger partial charge in [0.1, 0.15) is 0 Å². The predicted octanol–water partition coefficient (Wildman–Crippen LogP) is 0.405. The van der Waals surface area contributed by atoms with Crippen molar-refractivity contribution >= 4 is 10.2 Å². The molecule has 0 amide bonds. The lowest BCUT2D eigenvalue weighted by atomic mass is 10.2. The second kappa shape index (κ2) is 4.99. The molecule has 1 fully saturated rings. The zero-order valence-corrected chi connectivity index (χ0v) is 11.9. The Morgan fingerprint density at radius 1 is 1.56 bits per heavy atom. The molecule has 0 radical (unpaired) electrons. The van der Waals surface area contributed by atoms with E-state index in [2.05, 4.69) is 16.7 Å². The van der Waals surface area contributed by atoms with Gasteiger partial charge in [0.15, 0.2) is 0 Å². The zero-order valence-electron chi connectivity index (χ0n) is 11.0. The minimum atomic E-state index is -3.35. The first-order chi connectivity index (χ1) is 8.40. The predicted molar refractivity (Wildman–Crippen MR) is 69.1 cm³/mol. The van der Waals surface area contributed by atoms with E-state index in [4.69, 9.17) is 0 Å². The van der Waals surface area contributed by atoms with Crippen LogP contribution in [0.2, 0.25) is 0 Å². The van der Waals surface area contributed by atoms with Crippen LogP contribution in [-0.4, -0.2) is 35.6 Å². The standard InChI is InChI=1S/C11H20N4O2S/c1-9-4-5-15(8-9)18(16,17)13-7-11-6-12-14(3)10(11)2/h6,9,13H,4-5,7-8H2,1-3H3. The molecule has 1 saturated heterocycles. The first-order valence-electron chi connectivity index (χ1n) is 6.12. The molecule has 0 aromatic carbocycles. The van der Waals surface area contributed by atoms with Crippen LogP contribution in [0.15, 0.2) is 6.20 Å². The van der Waals surface area contributed by atoms with Crippen molar-refractivity contribution in [3.63, 3.8) is 0 Å². The SMILES string of the molecule is Cc1c(CNS(=O)(=O)N2CCC(C)C2)cnn1C. The number of nitrogens with one attached hydrogen (secondary N) is 1. The fourth-order valence-electron chi connectivity index (χ4n) is 2.09. The Bertz CT molecular complexity index is 523. The summed E-state index contributed by atoms with van der Waals surface area (Å²) in [6.45, 7) is 5.52. The molecule has 7 heteroatoms. The Morgan fingerprint density at radius 3 is 2.78 bits per heavy atom. The zero-order chi connectivity index (χ0) is 13.3. The molecule has 1 aromatic heterocycles. The Hall–Kier alpha value is -0.920. The quantitative estimate of drug-likeness (QED) is 0.863. The van der Waals surface area contributed by atoms with Crippen LogP contribution in [0.25, 0.3) is 0 Å². The molecule has 1 N–H and O–H groups in total. The van der Waals surface area contributed by atoms with E-state index in [9.17, 15) is 8.42 Å². The lowest BCUT2D eigenvalue weighted by Crippen LogP contribution is -2.38. The molecule has 0 saturated carbocycles. The fourth-order valence-corrected chi connectivity index (χ4v) is 3.41. The van der Waals surface area contributed by atoms with Crippen molar-refractivity contribution in [2.75, 3.05) is 13.1 Å². The summed E-state index contributed by atoms with van der Waals surface area (Å²) in [6, 6.07) is 0. The number of rotatable bonds is 4. The van der Waals surface area contributed by atoms with Gasteiger partial charge in [0.25, 0.3) is 10.2 Å². The normalized spacial score (nSPS) is 21.6. The van der Waals surface area contributed by atoms with E-state index < -0.39 is 10.2 Å². The maximum Gasteiger partial charge on any atom is 0.279 e. The van der Waals surface area contributed by atoms with E-state index in [0.717, 1.165) is 17.7 Å². The lowest BCUT2D eigenvalue weighted by Gasteiger charge is -2.16. The Balaban J connectivity index is 1.99. The maximum absolute atomic E-state index is 12.1. The number of hydrogen-bond donors (Lipinski definition) is 1. The van der Waals surface area contributed by atoms with E-state index in [1.165, 1.54) is 4.31 Å². The maximum atomic E-state index is 12.1. The number of aromatic nitrogens is 2. The van der Waals surface area contributed by atoms with Gasteiger partial charge in [-0.25, -0.2) is 0 Å². The van der Waals surface area contributed by atoms with Gasteiger partial charge >= 0.3 is 0 Å². The van der Waals surface area contributed by atoms with Gasteiger partial charge in [-0.2, -0.15) is 22.5 Å². The van der Waals surface area contributed by atoms with Crippen LogP contribution in [-0.2, 0) is 23.8 Å². The van der Waals surface area contributed by atoms with E-state index >= 15 is 0 Å². The van der Waals surface area contributed by atoms with Gasteiger partial charge < -0.3 is 0 Å².